The van der Waals surface area contributed by atoms with Gasteiger partial charge in [0.2, 0.25) is 0 Å². The normalized spacial score (nSPS) is 21.4. The quantitative estimate of drug-likeness (QED) is 0.807. The fourth-order valence-corrected chi connectivity index (χ4v) is 2.97. The van der Waals surface area contributed by atoms with Crippen molar-refractivity contribution in [3.63, 3.8) is 0 Å². The van der Waals surface area contributed by atoms with E-state index in [4.69, 9.17) is 5.73 Å². The minimum atomic E-state index is -0.326. The zero-order valence-electron chi connectivity index (χ0n) is 11.3. The van der Waals surface area contributed by atoms with Crippen LogP contribution in [0.15, 0.2) is 43.0 Å². The maximum Gasteiger partial charge on any atom is 0.0599 e. The third-order valence-corrected chi connectivity index (χ3v) is 4.23. The molecule has 2 rings (SSSR count). The van der Waals surface area contributed by atoms with Gasteiger partial charge in [-0.15, -0.1) is 6.58 Å². The highest BCUT2D eigenvalue weighted by molar-refractivity contribution is 5.27. The van der Waals surface area contributed by atoms with Gasteiger partial charge in [0.1, 0.15) is 0 Å². The van der Waals surface area contributed by atoms with Crippen LogP contribution in [0.3, 0.4) is 0 Å². The van der Waals surface area contributed by atoms with E-state index in [1.54, 1.807) is 0 Å². The molecular weight excluding hydrogens is 220 g/mol. The van der Waals surface area contributed by atoms with Crippen LogP contribution >= 0.6 is 0 Å². The van der Waals surface area contributed by atoms with Gasteiger partial charge in [-0.05, 0) is 44.8 Å². The molecule has 2 atom stereocenters. The van der Waals surface area contributed by atoms with Gasteiger partial charge in [-0.2, -0.15) is 0 Å². The van der Waals surface area contributed by atoms with Gasteiger partial charge in [0.15, 0.2) is 0 Å². The van der Waals surface area contributed by atoms with E-state index in [0.29, 0.717) is 6.04 Å². The first-order valence-electron chi connectivity index (χ1n) is 6.88. The van der Waals surface area contributed by atoms with Crippen LogP contribution in [0.4, 0.5) is 0 Å². The van der Waals surface area contributed by atoms with Crippen LogP contribution in [0, 0.1) is 0 Å². The highest BCUT2D eigenvalue weighted by Gasteiger charge is 2.36. The lowest BCUT2D eigenvalue weighted by Crippen LogP contribution is -2.53. The number of nitrogens with two attached hydrogens (primary N) is 1. The van der Waals surface area contributed by atoms with E-state index in [2.05, 4.69) is 42.7 Å². The minimum Gasteiger partial charge on any atom is -0.320 e. The van der Waals surface area contributed by atoms with Crippen molar-refractivity contribution in [1.82, 2.24) is 4.90 Å². The van der Waals surface area contributed by atoms with Gasteiger partial charge < -0.3 is 5.73 Å². The Hall–Kier alpha value is -1.12. The van der Waals surface area contributed by atoms with Crippen molar-refractivity contribution in [3.8, 4) is 0 Å². The third-order valence-electron chi connectivity index (χ3n) is 4.23. The van der Waals surface area contributed by atoms with Crippen molar-refractivity contribution in [2.45, 2.75) is 37.8 Å². The molecule has 1 aromatic rings. The molecule has 1 heterocycles. The van der Waals surface area contributed by atoms with Gasteiger partial charge in [-0.3, -0.25) is 4.90 Å². The molecule has 0 radical (unpaired) electrons. The topological polar surface area (TPSA) is 29.3 Å². The molecule has 98 valence electrons. The lowest BCUT2D eigenvalue weighted by atomic mass is 9.81. The fourth-order valence-electron chi connectivity index (χ4n) is 2.97. The Morgan fingerprint density at radius 1 is 1.33 bits per heavy atom. The lowest BCUT2D eigenvalue weighted by molar-refractivity contribution is 0.161. The summed E-state index contributed by atoms with van der Waals surface area (Å²) in [5, 5.41) is 0. The van der Waals surface area contributed by atoms with Gasteiger partial charge >= 0.3 is 0 Å². The Bertz CT molecular complexity index is 381. The van der Waals surface area contributed by atoms with Crippen LogP contribution in [-0.4, -0.2) is 24.0 Å². The Morgan fingerprint density at radius 3 is 2.50 bits per heavy atom. The van der Waals surface area contributed by atoms with Crippen molar-refractivity contribution in [1.29, 1.82) is 0 Å². The monoisotopic (exact) mass is 244 g/mol. The highest BCUT2D eigenvalue weighted by Crippen LogP contribution is 2.31. The maximum absolute atomic E-state index is 6.74. The van der Waals surface area contributed by atoms with E-state index in [1.165, 1.54) is 31.5 Å². The number of benzene rings is 1. The highest BCUT2D eigenvalue weighted by atomic mass is 15.2. The maximum atomic E-state index is 6.74. The molecule has 2 nitrogen and oxygen atoms in total. The van der Waals surface area contributed by atoms with Crippen LogP contribution in [0.25, 0.3) is 0 Å². The first-order chi connectivity index (χ1) is 8.68. The Kier molecular flexibility index (Phi) is 4.20. The molecule has 1 aliphatic heterocycles. The number of hydrogen-bond acceptors (Lipinski definition) is 2. The van der Waals surface area contributed by atoms with Crippen LogP contribution in [-0.2, 0) is 5.54 Å². The summed E-state index contributed by atoms with van der Waals surface area (Å²) >= 11 is 0. The van der Waals surface area contributed by atoms with E-state index < -0.39 is 0 Å². The third kappa shape index (κ3) is 2.50. The average molecular weight is 244 g/mol. The lowest BCUT2D eigenvalue weighted by Gasteiger charge is -2.40. The molecule has 0 spiro atoms. The zero-order chi connectivity index (χ0) is 13.0. The molecule has 2 N–H and O–H groups in total. The second-order valence-corrected chi connectivity index (χ2v) is 5.32. The Labute approximate surface area is 110 Å². The molecule has 1 fully saturated rings. The van der Waals surface area contributed by atoms with Gasteiger partial charge in [0.25, 0.3) is 0 Å². The zero-order valence-corrected chi connectivity index (χ0v) is 11.3. The first kappa shape index (κ1) is 13.3. The summed E-state index contributed by atoms with van der Waals surface area (Å²) in [7, 11) is 0. The van der Waals surface area contributed by atoms with E-state index in [0.717, 1.165) is 6.42 Å². The van der Waals surface area contributed by atoms with E-state index in [-0.39, 0.29) is 5.54 Å². The SMILES string of the molecule is C=CCC(N)(c1ccccc1)C(C)N1CCCC1. The number of hydrogen-bond donors (Lipinski definition) is 1. The molecule has 0 aromatic heterocycles. The van der Waals surface area contributed by atoms with Crippen LogP contribution in [0.5, 0.6) is 0 Å². The second kappa shape index (κ2) is 5.68. The summed E-state index contributed by atoms with van der Waals surface area (Å²) in [6.45, 7) is 8.47. The molecule has 0 amide bonds. The molecule has 0 bridgehead atoms. The smallest absolute Gasteiger partial charge is 0.0599 e. The van der Waals surface area contributed by atoms with Crippen LogP contribution in [0.2, 0.25) is 0 Å². The molecule has 1 aliphatic rings. The summed E-state index contributed by atoms with van der Waals surface area (Å²) < 4.78 is 0. The van der Waals surface area contributed by atoms with Crippen molar-refractivity contribution in [2.75, 3.05) is 13.1 Å². The van der Waals surface area contributed by atoms with Gasteiger partial charge in [0.05, 0.1) is 5.54 Å². The number of nitrogens with zero attached hydrogens (tertiary/aromatic N) is 1. The average Bonchev–Trinajstić information content (AvgIpc) is 2.93. The van der Waals surface area contributed by atoms with Gasteiger partial charge in [0, 0.05) is 6.04 Å². The Balaban J connectivity index is 2.27. The summed E-state index contributed by atoms with van der Waals surface area (Å²) in [6.07, 6.45) is 5.35. The molecule has 18 heavy (non-hydrogen) atoms. The van der Waals surface area contributed by atoms with Crippen molar-refractivity contribution in [2.24, 2.45) is 5.73 Å². The molecule has 0 saturated carbocycles. The predicted octanol–water partition coefficient (Wildman–Crippen LogP) is 2.90. The molecule has 1 saturated heterocycles. The van der Waals surface area contributed by atoms with E-state index >= 15 is 0 Å². The van der Waals surface area contributed by atoms with Crippen molar-refractivity contribution in [3.05, 3.63) is 48.6 Å². The van der Waals surface area contributed by atoms with E-state index in [1.807, 2.05) is 12.1 Å². The summed E-state index contributed by atoms with van der Waals surface area (Å²) in [5.41, 5.74) is 7.63. The van der Waals surface area contributed by atoms with Gasteiger partial charge in [-0.25, -0.2) is 0 Å². The largest absolute Gasteiger partial charge is 0.320 e. The predicted molar refractivity (Wildman–Crippen MR) is 77.4 cm³/mol. The summed E-state index contributed by atoms with van der Waals surface area (Å²) in [6, 6.07) is 10.8. The first-order valence-corrected chi connectivity index (χ1v) is 6.88. The molecule has 2 unspecified atom stereocenters. The summed E-state index contributed by atoms with van der Waals surface area (Å²) in [4.78, 5) is 2.51. The fraction of sp³-hybridized carbons (Fsp3) is 0.500. The standard InChI is InChI=1S/C16H24N2/c1-3-11-16(17,15-9-5-4-6-10-15)14(2)18-12-7-8-13-18/h3-6,9-10,14H,1,7-8,11-13,17H2,2H3. The van der Waals surface area contributed by atoms with Crippen LogP contribution in [0.1, 0.15) is 31.7 Å². The summed E-state index contributed by atoms with van der Waals surface area (Å²) in [5.74, 6) is 0. The van der Waals surface area contributed by atoms with Crippen molar-refractivity contribution >= 4 is 0 Å². The van der Waals surface area contributed by atoms with E-state index in [9.17, 15) is 0 Å². The van der Waals surface area contributed by atoms with Crippen LogP contribution < -0.4 is 5.73 Å². The number of rotatable bonds is 5. The number of likely N-dealkylation sites (tertiary alicyclic amines) is 1. The molecule has 1 aromatic carbocycles. The molecule has 2 heteroatoms. The molecule has 0 aliphatic carbocycles. The molecular formula is C16H24N2. The Morgan fingerprint density at radius 2 is 1.94 bits per heavy atom. The minimum absolute atomic E-state index is 0.326. The second-order valence-electron chi connectivity index (χ2n) is 5.32. The van der Waals surface area contributed by atoms with Gasteiger partial charge in [-0.1, -0.05) is 36.4 Å². The van der Waals surface area contributed by atoms with Crippen molar-refractivity contribution < 1.29 is 0 Å².